The van der Waals surface area contributed by atoms with Crippen LogP contribution in [-0.2, 0) is 0 Å². The van der Waals surface area contributed by atoms with Gasteiger partial charge in [-0.3, -0.25) is 0 Å². The molecule has 75 valence electrons. The average Bonchev–Trinajstić information content (AvgIpc) is 2.32. The van der Waals surface area contributed by atoms with Gasteiger partial charge in [0.25, 0.3) is 0 Å². The molecule has 15 heavy (non-hydrogen) atoms. The lowest BCUT2D eigenvalue weighted by atomic mass is 10.1. The molecule has 0 N–H and O–H groups in total. The summed E-state index contributed by atoms with van der Waals surface area (Å²) < 4.78 is 5.28. The summed E-state index contributed by atoms with van der Waals surface area (Å²) in [6.45, 7) is 2.59. The maximum absolute atomic E-state index is 5.28. The van der Waals surface area contributed by atoms with E-state index in [1.807, 2.05) is 49.5 Å². The van der Waals surface area contributed by atoms with Crippen LogP contribution in [0.4, 0.5) is 0 Å². The summed E-state index contributed by atoms with van der Waals surface area (Å²) in [6.07, 6.45) is 1.82. The van der Waals surface area contributed by atoms with Gasteiger partial charge < -0.3 is 4.74 Å². The fraction of sp³-hybridized carbons (Fsp3) is 0.154. The molecule has 1 radical (unpaired) electrons. The fourth-order valence-electron chi connectivity index (χ4n) is 1.36. The maximum Gasteiger partial charge on any atom is 0.213 e. The molecule has 0 aliphatic heterocycles. The molecule has 1 heterocycles. The van der Waals surface area contributed by atoms with Gasteiger partial charge in [-0.25, -0.2) is 4.98 Å². The van der Waals surface area contributed by atoms with Crippen LogP contribution in [0.5, 0.6) is 5.88 Å². The number of hydrogen-bond acceptors (Lipinski definition) is 2. The largest absolute Gasteiger partial charge is 0.478 e. The van der Waals surface area contributed by atoms with Crippen molar-refractivity contribution in [1.29, 1.82) is 0 Å². The zero-order chi connectivity index (χ0) is 10.5. The normalized spacial score (nSPS) is 9.93. The van der Waals surface area contributed by atoms with Crippen LogP contribution in [0.2, 0.25) is 0 Å². The van der Waals surface area contributed by atoms with Gasteiger partial charge in [0.15, 0.2) is 0 Å². The Kier molecular flexibility index (Phi) is 2.98. The van der Waals surface area contributed by atoms with Gasteiger partial charge in [0, 0.05) is 17.8 Å². The SMILES string of the molecule is CCOc1ccc(-c2cc[c]cc2)cn1. The number of hydrogen-bond donors (Lipinski definition) is 0. The number of ether oxygens (including phenoxy) is 1. The van der Waals surface area contributed by atoms with Crippen molar-refractivity contribution in [3.63, 3.8) is 0 Å². The molecule has 0 atom stereocenters. The Morgan fingerprint density at radius 3 is 2.53 bits per heavy atom. The number of pyridine rings is 1. The average molecular weight is 198 g/mol. The van der Waals surface area contributed by atoms with Gasteiger partial charge in [0.1, 0.15) is 0 Å². The molecule has 0 spiro atoms. The van der Waals surface area contributed by atoms with Crippen molar-refractivity contribution in [2.45, 2.75) is 6.92 Å². The predicted octanol–water partition coefficient (Wildman–Crippen LogP) is 2.95. The monoisotopic (exact) mass is 198 g/mol. The third kappa shape index (κ3) is 2.34. The molecular formula is C13H12NO. The van der Waals surface area contributed by atoms with Crippen LogP contribution in [0.3, 0.4) is 0 Å². The fourth-order valence-corrected chi connectivity index (χ4v) is 1.36. The summed E-state index contributed by atoms with van der Waals surface area (Å²) in [5.41, 5.74) is 2.23. The Labute approximate surface area is 89.6 Å². The molecule has 1 aromatic carbocycles. The number of benzene rings is 1. The molecule has 0 saturated carbocycles. The van der Waals surface area contributed by atoms with Gasteiger partial charge in [0.2, 0.25) is 5.88 Å². The van der Waals surface area contributed by atoms with E-state index in [0.717, 1.165) is 11.1 Å². The second-order valence-electron chi connectivity index (χ2n) is 3.11. The number of nitrogens with zero attached hydrogens (tertiary/aromatic N) is 1. The molecule has 2 nitrogen and oxygen atoms in total. The predicted molar refractivity (Wildman–Crippen MR) is 59.7 cm³/mol. The van der Waals surface area contributed by atoms with Gasteiger partial charge in [-0.15, -0.1) is 0 Å². The molecule has 2 rings (SSSR count). The highest BCUT2D eigenvalue weighted by Crippen LogP contribution is 2.19. The highest BCUT2D eigenvalue weighted by atomic mass is 16.5. The van der Waals surface area contributed by atoms with Crippen molar-refractivity contribution < 1.29 is 4.74 Å². The first kappa shape index (κ1) is 9.71. The van der Waals surface area contributed by atoms with E-state index in [9.17, 15) is 0 Å². The van der Waals surface area contributed by atoms with E-state index in [0.29, 0.717) is 12.5 Å². The molecule has 2 heteroatoms. The standard InChI is InChI=1S/C13H12NO/c1-2-15-13-9-8-12(10-14-13)11-6-4-3-5-7-11/h4-10H,2H2,1H3. The first-order valence-corrected chi connectivity index (χ1v) is 4.95. The van der Waals surface area contributed by atoms with Crippen molar-refractivity contribution >= 4 is 0 Å². The molecule has 0 saturated heterocycles. The van der Waals surface area contributed by atoms with E-state index in [1.165, 1.54) is 0 Å². The molecule has 1 aromatic heterocycles. The summed E-state index contributed by atoms with van der Waals surface area (Å²) in [4.78, 5) is 4.21. The third-order valence-electron chi connectivity index (χ3n) is 2.08. The van der Waals surface area contributed by atoms with Crippen molar-refractivity contribution in [2.75, 3.05) is 6.61 Å². The van der Waals surface area contributed by atoms with Crippen LogP contribution in [0.15, 0.2) is 42.6 Å². The van der Waals surface area contributed by atoms with Crippen LogP contribution in [0, 0.1) is 6.07 Å². The Morgan fingerprint density at radius 1 is 1.13 bits per heavy atom. The van der Waals surface area contributed by atoms with Gasteiger partial charge in [0.05, 0.1) is 6.61 Å². The second kappa shape index (κ2) is 4.60. The van der Waals surface area contributed by atoms with Crippen LogP contribution in [-0.4, -0.2) is 11.6 Å². The summed E-state index contributed by atoms with van der Waals surface area (Å²) in [6, 6.07) is 14.7. The Bertz CT molecular complexity index is 408. The maximum atomic E-state index is 5.28. The highest BCUT2D eigenvalue weighted by molar-refractivity contribution is 5.62. The minimum atomic E-state index is 0.645. The number of aromatic nitrogens is 1. The number of rotatable bonds is 3. The van der Waals surface area contributed by atoms with E-state index in [1.54, 1.807) is 0 Å². The van der Waals surface area contributed by atoms with Gasteiger partial charge in [-0.2, -0.15) is 0 Å². The zero-order valence-electron chi connectivity index (χ0n) is 8.60. The Balaban J connectivity index is 2.24. The molecule has 0 unspecified atom stereocenters. The van der Waals surface area contributed by atoms with Gasteiger partial charge in [-0.1, -0.05) is 24.3 Å². The summed E-state index contributed by atoms with van der Waals surface area (Å²) >= 11 is 0. The topological polar surface area (TPSA) is 22.1 Å². The smallest absolute Gasteiger partial charge is 0.213 e. The molecule has 2 aromatic rings. The minimum Gasteiger partial charge on any atom is -0.478 e. The molecule has 0 bridgehead atoms. The van der Waals surface area contributed by atoms with Gasteiger partial charge >= 0.3 is 0 Å². The molecule has 0 amide bonds. The third-order valence-corrected chi connectivity index (χ3v) is 2.08. The zero-order valence-corrected chi connectivity index (χ0v) is 8.60. The minimum absolute atomic E-state index is 0.645. The Hall–Kier alpha value is -1.83. The molecule has 0 fully saturated rings. The van der Waals surface area contributed by atoms with Crippen LogP contribution >= 0.6 is 0 Å². The highest BCUT2D eigenvalue weighted by Gasteiger charge is 1.97. The van der Waals surface area contributed by atoms with Crippen molar-refractivity contribution in [2.24, 2.45) is 0 Å². The quantitative estimate of drug-likeness (QED) is 0.756. The second-order valence-corrected chi connectivity index (χ2v) is 3.11. The van der Waals surface area contributed by atoms with Crippen LogP contribution in [0.25, 0.3) is 11.1 Å². The van der Waals surface area contributed by atoms with Crippen molar-refractivity contribution in [3.8, 4) is 17.0 Å². The first-order chi connectivity index (χ1) is 7.40. The summed E-state index contributed by atoms with van der Waals surface area (Å²) in [5.74, 6) is 0.670. The summed E-state index contributed by atoms with van der Waals surface area (Å²) in [5, 5.41) is 0. The van der Waals surface area contributed by atoms with Crippen LogP contribution < -0.4 is 4.74 Å². The van der Waals surface area contributed by atoms with E-state index in [2.05, 4.69) is 11.1 Å². The van der Waals surface area contributed by atoms with E-state index in [-0.39, 0.29) is 0 Å². The lowest BCUT2D eigenvalue weighted by molar-refractivity contribution is 0.327. The molecule has 0 aliphatic rings. The van der Waals surface area contributed by atoms with E-state index >= 15 is 0 Å². The van der Waals surface area contributed by atoms with Crippen molar-refractivity contribution in [1.82, 2.24) is 4.98 Å². The van der Waals surface area contributed by atoms with E-state index in [4.69, 9.17) is 4.74 Å². The Morgan fingerprint density at radius 2 is 1.93 bits per heavy atom. The van der Waals surface area contributed by atoms with Crippen molar-refractivity contribution in [3.05, 3.63) is 48.7 Å². The van der Waals surface area contributed by atoms with E-state index < -0.39 is 0 Å². The van der Waals surface area contributed by atoms with Gasteiger partial charge in [-0.05, 0) is 24.6 Å². The summed E-state index contributed by atoms with van der Waals surface area (Å²) in [7, 11) is 0. The molecule has 0 aliphatic carbocycles. The molecular weight excluding hydrogens is 186 g/mol. The first-order valence-electron chi connectivity index (χ1n) is 4.95. The lowest BCUT2D eigenvalue weighted by Crippen LogP contribution is -1.93. The van der Waals surface area contributed by atoms with Crippen LogP contribution in [0.1, 0.15) is 6.92 Å². The lowest BCUT2D eigenvalue weighted by Gasteiger charge is -2.03.